The number of aryl methyl sites for hydroxylation is 2. The fourth-order valence-electron chi connectivity index (χ4n) is 2.76. The van der Waals surface area contributed by atoms with E-state index in [0.717, 1.165) is 30.9 Å². The van der Waals surface area contributed by atoms with Crippen molar-refractivity contribution in [3.63, 3.8) is 0 Å². The van der Waals surface area contributed by atoms with Crippen molar-refractivity contribution in [3.05, 3.63) is 35.9 Å². The quantitative estimate of drug-likeness (QED) is 0.919. The number of carbonyl (C=O) groups is 1. The van der Waals surface area contributed by atoms with Gasteiger partial charge in [-0.2, -0.15) is 5.10 Å². The normalized spacial score (nSPS) is 17.4. The predicted octanol–water partition coefficient (Wildman–Crippen LogP) is 2.53. The number of nitrogens with one attached hydrogen (secondary N) is 1. The van der Waals surface area contributed by atoms with E-state index in [1.807, 2.05) is 25.1 Å². The minimum atomic E-state index is -0.181. The van der Waals surface area contributed by atoms with Crippen LogP contribution in [0.5, 0.6) is 0 Å². The molecule has 0 spiro atoms. The maximum atomic E-state index is 12.7. The number of furan rings is 1. The van der Waals surface area contributed by atoms with Crippen molar-refractivity contribution in [1.82, 2.24) is 14.7 Å². The van der Waals surface area contributed by atoms with E-state index in [2.05, 4.69) is 10.4 Å². The summed E-state index contributed by atoms with van der Waals surface area (Å²) in [6.45, 7) is 3.61. The van der Waals surface area contributed by atoms with Gasteiger partial charge in [-0.05, 0) is 31.9 Å². The van der Waals surface area contributed by atoms with E-state index in [1.54, 1.807) is 22.9 Å². The Bertz CT molecular complexity index is 644. The lowest BCUT2D eigenvalue weighted by Gasteiger charge is -2.24. The number of carbonyl (C=O) groups excluding carboxylic acids is 1. The molecule has 0 aromatic carbocycles. The molecule has 2 aromatic rings. The Kier molecular flexibility index (Phi) is 4.66. The number of amides is 2. The summed E-state index contributed by atoms with van der Waals surface area (Å²) in [7, 11) is 1.81. The molecular formula is C16H22N4O3. The van der Waals surface area contributed by atoms with E-state index >= 15 is 0 Å². The standard InChI is InChI=1S/C16H22N4O3/c1-12-9-15(19(2)18-12)17-16(21)20(10-13-5-3-7-22-13)11-14-6-4-8-23-14/h3,5,7,9,14H,4,6,8,10-11H2,1-2H3,(H,17,21). The highest BCUT2D eigenvalue weighted by molar-refractivity contribution is 5.88. The molecule has 1 atom stereocenters. The van der Waals surface area contributed by atoms with Crippen LogP contribution in [0.2, 0.25) is 0 Å². The molecule has 23 heavy (non-hydrogen) atoms. The van der Waals surface area contributed by atoms with Crippen LogP contribution in [0.15, 0.2) is 28.9 Å². The first-order valence-corrected chi connectivity index (χ1v) is 7.82. The van der Waals surface area contributed by atoms with Gasteiger partial charge in [-0.3, -0.25) is 10.00 Å². The first-order valence-electron chi connectivity index (χ1n) is 7.82. The second-order valence-electron chi connectivity index (χ2n) is 5.82. The third-order valence-corrected chi connectivity index (χ3v) is 3.90. The summed E-state index contributed by atoms with van der Waals surface area (Å²) in [5.74, 6) is 1.42. The number of nitrogens with zero attached hydrogens (tertiary/aromatic N) is 3. The van der Waals surface area contributed by atoms with Crippen LogP contribution in [0, 0.1) is 6.92 Å². The van der Waals surface area contributed by atoms with E-state index in [-0.39, 0.29) is 12.1 Å². The van der Waals surface area contributed by atoms with E-state index in [9.17, 15) is 4.79 Å². The molecular weight excluding hydrogens is 296 g/mol. The van der Waals surface area contributed by atoms with E-state index in [4.69, 9.17) is 9.15 Å². The van der Waals surface area contributed by atoms with Crippen LogP contribution in [0.1, 0.15) is 24.3 Å². The Balaban J connectivity index is 1.70. The third-order valence-electron chi connectivity index (χ3n) is 3.90. The molecule has 1 N–H and O–H groups in total. The van der Waals surface area contributed by atoms with Crippen molar-refractivity contribution in [1.29, 1.82) is 0 Å². The van der Waals surface area contributed by atoms with Crippen molar-refractivity contribution in [2.75, 3.05) is 18.5 Å². The number of hydrogen-bond acceptors (Lipinski definition) is 4. The number of hydrogen-bond donors (Lipinski definition) is 1. The Morgan fingerprint density at radius 3 is 3.04 bits per heavy atom. The van der Waals surface area contributed by atoms with E-state index in [0.29, 0.717) is 18.9 Å². The van der Waals surface area contributed by atoms with Gasteiger partial charge in [0.2, 0.25) is 0 Å². The first kappa shape index (κ1) is 15.6. The van der Waals surface area contributed by atoms with Crippen molar-refractivity contribution >= 4 is 11.8 Å². The molecule has 7 heteroatoms. The smallest absolute Gasteiger partial charge is 0.323 e. The average molecular weight is 318 g/mol. The number of aromatic nitrogens is 2. The van der Waals surface area contributed by atoms with E-state index in [1.165, 1.54) is 0 Å². The Hall–Kier alpha value is -2.28. The minimum Gasteiger partial charge on any atom is -0.467 e. The molecule has 0 saturated carbocycles. The zero-order chi connectivity index (χ0) is 16.2. The van der Waals surface area contributed by atoms with Crippen LogP contribution >= 0.6 is 0 Å². The molecule has 1 aliphatic heterocycles. The van der Waals surface area contributed by atoms with Gasteiger partial charge in [0.15, 0.2) is 0 Å². The van der Waals surface area contributed by atoms with Gasteiger partial charge in [-0.15, -0.1) is 0 Å². The molecule has 0 aliphatic carbocycles. The maximum Gasteiger partial charge on any atom is 0.323 e. The largest absolute Gasteiger partial charge is 0.467 e. The number of rotatable bonds is 5. The van der Waals surface area contributed by atoms with Crippen molar-refractivity contribution < 1.29 is 13.9 Å². The predicted molar refractivity (Wildman–Crippen MR) is 85.1 cm³/mol. The topological polar surface area (TPSA) is 72.5 Å². The zero-order valence-corrected chi connectivity index (χ0v) is 13.5. The lowest BCUT2D eigenvalue weighted by Crippen LogP contribution is -2.39. The van der Waals surface area contributed by atoms with Crippen LogP contribution < -0.4 is 5.32 Å². The lowest BCUT2D eigenvalue weighted by molar-refractivity contribution is 0.0802. The second-order valence-corrected chi connectivity index (χ2v) is 5.82. The molecule has 124 valence electrons. The fourth-order valence-corrected chi connectivity index (χ4v) is 2.76. The van der Waals surface area contributed by atoms with Crippen molar-refractivity contribution in [3.8, 4) is 0 Å². The molecule has 7 nitrogen and oxygen atoms in total. The molecule has 1 aliphatic rings. The van der Waals surface area contributed by atoms with Crippen LogP contribution in [0.25, 0.3) is 0 Å². The van der Waals surface area contributed by atoms with Gasteiger partial charge in [-0.1, -0.05) is 0 Å². The van der Waals surface area contributed by atoms with Crippen LogP contribution in [0.3, 0.4) is 0 Å². The summed E-state index contributed by atoms with van der Waals surface area (Å²) in [4.78, 5) is 14.4. The average Bonchev–Trinajstić information content (AvgIpc) is 3.23. The number of ether oxygens (including phenoxy) is 1. The molecule has 1 saturated heterocycles. The fraction of sp³-hybridized carbons (Fsp3) is 0.500. The molecule has 1 unspecified atom stereocenters. The summed E-state index contributed by atoms with van der Waals surface area (Å²) in [6, 6.07) is 5.35. The molecule has 2 aromatic heterocycles. The summed E-state index contributed by atoms with van der Waals surface area (Å²) < 4.78 is 12.7. The van der Waals surface area contributed by atoms with Gasteiger partial charge >= 0.3 is 6.03 Å². The number of anilines is 1. The third kappa shape index (κ3) is 3.92. The molecule has 0 radical (unpaired) electrons. The summed E-state index contributed by atoms with van der Waals surface area (Å²) in [5.41, 5.74) is 0.861. The van der Waals surface area contributed by atoms with E-state index < -0.39 is 0 Å². The van der Waals surface area contributed by atoms with Gasteiger partial charge in [-0.25, -0.2) is 4.79 Å². The summed E-state index contributed by atoms with van der Waals surface area (Å²) in [5, 5.41) is 7.15. The Morgan fingerprint density at radius 2 is 2.43 bits per heavy atom. The van der Waals surface area contributed by atoms with Gasteiger partial charge in [0, 0.05) is 26.3 Å². The van der Waals surface area contributed by atoms with Crippen molar-refractivity contribution in [2.24, 2.45) is 7.05 Å². The molecule has 2 amide bonds. The molecule has 0 bridgehead atoms. The van der Waals surface area contributed by atoms with Gasteiger partial charge in [0.05, 0.1) is 24.6 Å². The SMILES string of the molecule is Cc1cc(NC(=O)N(Cc2ccco2)CC2CCCO2)n(C)n1. The molecule has 3 rings (SSSR count). The highest BCUT2D eigenvalue weighted by Gasteiger charge is 2.24. The van der Waals surface area contributed by atoms with Gasteiger partial charge in [0.25, 0.3) is 0 Å². The first-order chi connectivity index (χ1) is 11.1. The summed E-state index contributed by atoms with van der Waals surface area (Å²) in [6.07, 6.45) is 3.72. The molecule has 1 fully saturated rings. The second kappa shape index (κ2) is 6.87. The molecule has 3 heterocycles. The van der Waals surface area contributed by atoms with Gasteiger partial charge < -0.3 is 14.1 Å². The highest BCUT2D eigenvalue weighted by Crippen LogP contribution is 2.17. The summed E-state index contributed by atoms with van der Waals surface area (Å²) >= 11 is 0. The zero-order valence-electron chi connectivity index (χ0n) is 13.5. The van der Waals surface area contributed by atoms with Crippen LogP contribution in [-0.4, -0.2) is 40.0 Å². The Morgan fingerprint density at radius 1 is 1.57 bits per heavy atom. The minimum absolute atomic E-state index is 0.0870. The van der Waals surface area contributed by atoms with Crippen molar-refractivity contribution in [2.45, 2.75) is 32.4 Å². The lowest BCUT2D eigenvalue weighted by atomic mass is 10.2. The van der Waals surface area contributed by atoms with Gasteiger partial charge in [0.1, 0.15) is 11.6 Å². The van der Waals surface area contributed by atoms with Crippen LogP contribution in [-0.2, 0) is 18.3 Å². The number of urea groups is 1. The monoisotopic (exact) mass is 318 g/mol. The maximum absolute atomic E-state index is 12.7. The highest BCUT2D eigenvalue weighted by atomic mass is 16.5. The Labute approximate surface area is 135 Å². The van der Waals surface area contributed by atoms with Crippen LogP contribution in [0.4, 0.5) is 10.6 Å².